The predicted octanol–water partition coefficient (Wildman–Crippen LogP) is 3.65. The van der Waals surface area contributed by atoms with Crippen LogP contribution in [0.2, 0.25) is 0 Å². The van der Waals surface area contributed by atoms with E-state index in [1.807, 2.05) is 0 Å². The van der Waals surface area contributed by atoms with Crippen LogP contribution in [0.25, 0.3) is 10.8 Å². The summed E-state index contributed by atoms with van der Waals surface area (Å²) in [5, 5.41) is 8.18. The van der Waals surface area contributed by atoms with E-state index in [2.05, 4.69) is 24.9 Å². The Bertz CT molecular complexity index is 1100. The van der Waals surface area contributed by atoms with Crippen molar-refractivity contribution in [1.29, 1.82) is 0 Å². The van der Waals surface area contributed by atoms with Crippen molar-refractivity contribution < 1.29 is 22.5 Å². The number of thiophene rings is 1. The van der Waals surface area contributed by atoms with Gasteiger partial charge in [0.05, 0.1) is 17.7 Å². The maximum absolute atomic E-state index is 12.7. The van der Waals surface area contributed by atoms with Gasteiger partial charge >= 0.3 is 6.09 Å². The molecule has 1 amide bonds. The van der Waals surface area contributed by atoms with Crippen molar-refractivity contribution in [2.24, 2.45) is 0 Å². The molecule has 28 heavy (non-hydrogen) atoms. The van der Waals surface area contributed by atoms with E-state index in [1.54, 1.807) is 11.4 Å². The van der Waals surface area contributed by atoms with Crippen molar-refractivity contribution >= 4 is 38.8 Å². The van der Waals surface area contributed by atoms with Gasteiger partial charge in [-0.3, -0.25) is 10.0 Å². The van der Waals surface area contributed by atoms with E-state index in [0.717, 1.165) is 12.8 Å². The molecule has 9 nitrogen and oxygen atoms in total. The Labute approximate surface area is 164 Å². The standard InChI is InChI=1S/C17H16N4O5S2/c1-25-17(22)18-11-4-6-12(7-5-11)28(23,24)21-13-8-9-27-14(13)16-19-15(20-26-16)10-2-3-10/h4-10,21H,2-3H2,1H3,(H,18,22). The molecular formula is C17H16N4O5S2. The number of carbonyl (C=O) groups is 1. The van der Waals surface area contributed by atoms with E-state index in [-0.39, 0.29) is 4.90 Å². The highest BCUT2D eigenvalue weighted by molar-refractivity contribution is 7.92. The number of nitrogens with one attached hydrogen (secondary N) is 2. The van der Waals surface area contributed by atoms with Gasteiger partial charge in [-0.1, -0.05) is 5.16 Å². The average Bonchev–Trinajstić information content (AvgIpc) is 3.24. The summed E-state index contributed by atoms with van der Waals surface area (Å²) >= 11 is 1.31. The fourth-order valence-electron chi connectivity index (χ4n) is 2.48. The van der Waals surface area contributed by atoms with Crippen molar-refractivity contribution in [3.05, 3.63) is 41.5 Å². The number of anilines is 2. The van der Waals surface area contributed by atoms with Crippen LogP contribution in [-0.2, 0) is 14.8 Å². The molecule has 0 aliphatic heterocycles. The molecule has 0 atom stereocenters. The summed E-state index contributed by atoms with van der Waals surface area (Å²) in [6, 6.07) is 7.36. The first kappa shape index (κ1) is 18.4. The number of ether oxygens (including phenoxy) is 1. The number of nitrogens with zero attached hydrogens (tertiary/aromatic N) is 2. The summed E-state index contributed by atoms with van der Waals surface area (Å²) in [7, 11) is -2.60. The summed E-state index contributed by atoms with van der Waals surface area (Å²) in [4.78, 5) is 16.2. The zero-order chi connectivity index (χ0) is 19.7. The Kier molecular flexibility index (Phi) is 4.77. The van der Waals surface area contributed by atoms with Crippen molar-refractivity contribution in [1.82, 2.24) is 10.1 Å². The lowest BCUT2D eigenvalue weighted by Gasteiger charge is -2.09. The molecule has 0 spiro atoms. The summed E-state index contributed by atoms with van der Waals surface area (Å²) in [5.41, 5.74) is 0.785. The molecule has 0 bridgehead atoms. The van der Waals surface area contributed by atoms with Crippen molar-refractivity contribution in [3.8, 4) is 10.8 Å². The molecule has 3 aromatic rings. The first-order valence-corrected chi connectivity index (χ1v) is 10.7. The highest BCUT2D eigenvalue weighted by atomic mass is 32.2. The Hall–Kier alpha value is -2.92. The average molecular weight is 420 g/mol. The van der Waals surface area contributed by atoms with Crippen LogP contribution < -0.4 is 10.0 Å². The SMILES string of the molecule is COC(=O)Nc1ccc(S(=O)(=O)Nc2ccsc2-c2nc(C3CC3)no2)cc1. The monoisotopic (exact) mass is 420 g/mol. The molecule has 1 fully saturated rings. The molecule has 1 saturated carbocycles. The van der Waals surface area contributed by atoms with Gasteiger partial charge in [0.15, 0.2) is 5.82 Å². The molecule has 146 valence electrons. The molecule has 1 aromatic carbocycles. The minimum atomic E-state index is -3.84. The smallest absolute Gasteiger partial charge is 0.411 e. The number of amides is 1. The maximum atomic E-state index is 12.7. The molecule has 2 aromatic heterocycles. The van der Waals surface area contributed by atoms with E-state index < -0.39 is 16.1 Å². The molecule has 2 N–H and O–H groups in total. The van der Waals surface area contributed by atoms with Crippen LogP contribution in [-0.4, -0.2) is 31.8 Å². The Morgan fingerprint density at radius 3 is 2.68 bits per heavy atom. The Morgan fingerprint density at radius 2 is 2.00 bits per heavy atom. The molecule has 2 heterocycles. The van der Waals surface area contributed by atoms with Gasteiger partial charge in [0.2, 0.25) is 0 Å². The lowest BCUT2D eigenvalue weighted by atomic mass is 10.3. The third-order valence-corrected chi connectivity index (χ3v) is 6.37. The lowest BCUT2D eigenvalue weighted by molar-refractivity contribution is 0.187. The number of sulfonamides is 1. The second-order valence-electron chi connectivity index (χ2n) is 6.14. The largest absolute Gasteiger partial charge is 0.453 e. The Morgan fingerprint density at radius 1 is 1.25 bits per heavy atom. The van der Waals surface area contributed by atoms with Gasteiger partial charge in [-0.25, -0.2) is 13.2 Å². The van der Waals surface area contributed by atoms with Crippen LogP contribution in [0.15, 0.2) is 45.1 Å². The fourth-order valence-corrected chi connectivity index (χ4v) is 4.39. The van der Waals surface area contributed by atoms with Crippen molar-refractivity contribution in [2.45, 2.75) is 23.7 Å². The molecule has 11 heteroatoms. The molecular weight excluding hydrogens is 404 g/mol. The van der Waals surface area contributed by atoms with Gasteiger partial charge in [0.1, 0.15) is 4.88 Å². The van der Waals surface area contributed by atoms with E-state index in [0.29, 0.717) is 33.9 Å². The number of hydrogen-bond acceptors (Lipinski definition) is 8. The number of aromatic nitrogens is 2. The molecule has 0 radical (unpaired) electrons. The van der Waals surface area contributed by atoms with Crippen LogP contribution in [0.1, 0.15) is 24.6 Å². The predicted molar refractivity (Wildman–Crippen MR) is 103 cm³/mol. The molecule has 0 unspecified atom stereocenters. The number of methoxy groups -OCH3 is 1. The minimum absolute atomic E-state index is 0.0456. The van der Waals surface area contributed by atoms with Gasteiger partial charge in [-0.2, -0.15) is 4.98 Å². The zero-order valence-corrected chi connectivity index (χ0v) is 16.3. The van der Waals surface area contributed by atoms with E-state index in [4.69, 9.17) is 4.52 Å². The van der Waals surface area contributed by atoms with Gasteiger partial charge < -0.3 is 9.26 Å². The highest BCUT2D eigenvalue weighted by Gasteiger charge is 2.30. The lowest BCUT2D eigenvalue weighted by Crippen LogP contribution is -2.14. The third kappa shape index (κ3) is 3.85. The van der Waals surface area contributed by atoms with Crippen molar-refractivity contribution in [2.75, 3.05) is 17.1 Å². The number of rotatable bonds is 6. The Balaban J connectivity index is 1.53. The fraction of sp³-hybridized carbons (Fsp3) is 0.235. The first-order chi connectivity index (χ1) is 13.5. The van der Waals surface area contributed by atoms with E-state index >= 15 is 0 Å². The van der Waals surface area contributed by atoms with E-state index in [9.17, 15) is 13.2 Å². The van der Waals surface area contributed by atoms with Gasteiger partial charge in [-0.15, -0.1) is 11.3 Å². The van der Waals surface area contributed by atoms with Gasteiger partial charge in [0, 0.05) is 11.6 Å². The van der Waals surface area contributed by atoms with Gasteiger partial charge in [0.25, 0.3) is 15.9 Å². The zero-order valence-electron chi connectivity index (χ0n) is 14.7. The first-order valence-electron chi connectivity index (χ1n) is 8.35. The third-order valence-electron chi connectivity index (χ3n) is 4.08. The second kappa shape index (κ2) is 7.24. The number of hydrogen-bond donors (Lipinski definition) is 2. The number of benzene rings is 1. The summed E-state index contributed by atoms with van der Waals surface area (Å²) in [6.45, 7) is 0. The quantitative estimate of drug-likeness (QED) is 0.624. The van der Waals surface area contributed by atoms with Crippen LogP contribution in [0, 0.1) is 0 Å². The van der Waals surface area contributed by atoms with E-state index in [1.165, 1.54) is 42.7 Å². The van der Waals surface area contributed by atoms with Crippen LogP contribution in [0.4, 0.5) is 16.2 Å². The summed E-state index contributed by atoms with van der Waals surface area (Å²) in [6.07, 6.45) is 1.45. The molecule has 1 aliphatic rings. The summed E-state index contributed by atoms with van der Waals surface area (Å²) in [5.74, 6) is 1.30. The number of carbonyl (C=O) groups excluding carboxylic acids is 1. The normalized spacial score (nSPS) is 13.9. The van der Waals surface area contributed by atoms with Crippen molar-refractivity contribution in [3.63, 3.8) is 0 Å². The second-order valence-corrected chi connectivity index (χ2v) is 8.74. The van der Waals surface area contributed by atoms with Crippen LogP contribution >= 0.6 is 11.3 Å². The highest BCUT2D eigenvalue weighted by Crippen LogP contribution is 2.40. The van der Waals surface area contributed by atoms with Crippen LogP contribution in [0.3, 0.4) is 0 Å². The molecule has 4 rings (SSSR count). The van der Waals surface area contributed by atoms with Gasteiger partial charge in [-0.05, 0) is 48.6 Å². The maximum Gasteiger partial charge on any atom is 0.411 e. The summed E-state index contributed by atoms with van der Waals surface area (Å²) < 4.78 is 37.8. The molecule has 1 aliphatic carbocycles. The topological polar surface area (TPSA) is 123 Å². The van der Waals surface area contributed by atoms with Crippen LogP contribution in [0.5, 0.6) is 0 Å². The minimum Gasteiger partial charge on any atom is -0.453 e. The molecule has 0 saturated heterocycles.